The summed E-state index contributed by atoms with van der Waals surface area (Å²) >= 11 is 0. The van der Waals surface area contributed by atoms with Gasteiger partial charge in [-0.05, 0) is 12.1 Å². The third-order valence-corrected chi connectivity index (χ3v) is 2.66. The molecule has 0 unspecified atom stereocenters. The first kappa shape index (κ1) is 12.1. The van der Waals surface area contributed by atoms with Crippen molar-refractivity contribution in [2.45, 2.75) is 0 Å². The van der Waals surface area contributed by atoms with Crippen LogP contribution in [0.1, 0.15) is 0 Å². The van der Waals surface area contributed by atoms with Crippen LogP contribution >= 0.6 is 0 Å². The lowest BCUT2D eigenvalue weighted by atomic mass is 10.0. The van der Waals surface area contributed by atoms with Gasteiger partial charge in [0, 0.05) is 11.6 Å². The lowest BCUT2D eigenvalue weighted by molar-refractivity contribution is -0.736. The van der Waals surface area contributed by atoms with Gasteiger partial charge in [0.2, 0.25) is 0 Å². The van der Waals surface area contributed by atoms with Crippen LogP contribution in [0.15, 0.2) is 48.5 Å². The monoisotopic (exact) mass is 244 g/mol. The lowest BCUT2D eigenvalue weighted by Crippen LogP contribution is -2.00. The van der Waals surface area contributed by atoms with E-state index in [1.165, 1.54) is 7.11 Å². The van der Waals surface area contributed by atoms with Crippen LogP contribution in [0, 0.1) is 4.91 Å². The largest absolute Gasteiger partial charge is 0.496 e. The molecule has 18 heavy (non-hydrogen) atoms. The van der Waals surface area contributed by atoms with Crippen LogP contribution in [0.4, 0.5) is 5.69 Å². The van der Waals surface area contributed by atoms with Crippen LogP contribution in [0.2, 0.25) is 0 Å². The number of nitrogens with zero attached hydrogens (tertiary/aromatic N) is 1. The van der Waals surface area contributed by atoms with Crippen molar-refractivity contribution in [1.82, 2.24) is 0 Å². The number of methoxy groups -OCH3 is 1. The summed E-state index contributed by atoms with van der Waals surface area (Å²) in [6, 6.07) is 14.8. The Labute approximate surface area is 105 Å². The Morgan fingerprint density at radius 2 is 1.50 bits per heavy atom. The predicted molar refractivity (Wildman–Crippen MR) is 68.7 cm³/mol. The molecule has 2 rings (SSSR count). The van der Waals surface area contributed by atoms with Crippen LogP contribution in [0.3, 0.4) is 0 Å². The third kappa shape index (κ3) is 2.18. The molecule has 0 saturated carbocycles. The predicted octanol–water partition coefficient (Wildman–Crippen LogP) is 3.33. The highest BCUT2D eigenvalue weighted by Gasteiger charge is 2.22. The SMILES string of the molecule is COc1ccccc1-c1ccccc1[N+](=O)OC. The van der Waals surface area contributed by atoms with Crippen molar-refractivity contribution in [3.63, 3.8) is 0 Å². The van der Waals surface area contributed by atoms with Crippen molar-refractivity contribution in [2.24, 2.45) is 0 Å². The minimum absolute atomic E-state index is 0.449. The summed E-state index contributed by atoms with van der Waals surface area (Å²) in [6.45, 7) is 0. The van der Waals surface area contributed by atoms with E-state index in [4.69, 9.17) is 9.57 Å². The summed E-state index contributed by atoms with van der Waals surface area (Å²) in [5, 5.41) is 0. The second-order valence-electron chi connectivity index (χ2n) is 3.66. The van der Waals surface area contributed by atoms with Crippen molar-refractivity contribution in [2.75, 3.05) is 14.2 Å². The molecular weight excluding hydrogens is 230 g/mol. The molecule has 0 N–H and O–H groups in total. The van der Waals surface area contributed by atoms with E-state index in [0.717, 1.165) is 16.9 Å². The molecule has 0 saturated heterocycles. The minimum atomic E-state index is 0.449. The van der Waals surface area contributed by atoms with E-state index in [0.29, 0.717) is 10.6 Å². The normalized spacial score (nSPS) is 9.89. The molecule has 0 aromatic heterocycles. The summed E-state index contributed by atoms with van der Waals surface area (Å²) in [6.07, 6.45) is 0. The summed E-state index contributed by atoms with van der Waals surface area (Å²) in [4.78, 5) is 16.9. The average molecular weight is 244 g/mol. The van der Waals surface area contributed by atoms with Crippen LogP contribution < -0.4 is 4.74 Å². The van der Waals surface area contributed by atoms with E-state index in [2.05, 4.69) is 0 Å². The smallest absolute Gasteiger partial charge is 0.324 e. The molecule has 4 nitrogen and oxygen atoms in total. The Morgan fingerprint density at radius 1 is 0.889 bits per heavy atom. The summed E-state index contributed by atoms with van der Waals surface area (Å²) < 4.78 is 5.31. The van der Waals surface area contributed by atoms with E-state index in [1.807, 2.05) is 36.4 Å². The molecule has 2 aromatic carbocycles. The molecule has 0 aliphatic carbocycles. The van der Waals surface area contributed by atoms with Crippen LogP contribution in [-0.2, 0) is 4.84 Å². The lowest BCUT2D eigenvalue weighted by Gasteiger charge is -2.07. The van der Waals surface area contributed by atoms with Crippen molar-refractivity contribution >= 4 is 5.69 Å². The minimum Gasteiger partial charge on any atom is -0.496 e. The van der Waals surface area contributed by atoms with E-state index >= 15 is 0 Å². The fourth-order valence-electron chi connectivity index (χ4n) is 1.83. The molecule has 0 aliphatic rings. The Balaban J connectivity index is 2.60. The maximum Gasteiger partial charge on any atom is 0.324 e. The molecule has 2 aromatic rings. The number of rotatable bonds is 4. The molecule has 0 bridgehead atoms. The zero-order chi connectivity index (χ0) is 13.0. The van der Waals surface area contributed by atoms with E-state index in [-0.39, 0.29) is 0 Å². The van der Waals surface area contributed by atoms with Gasteiger partial charge in [0.25, 0.3) is 4.92 Å². The van der Waals surface area contributed by atoms with Gasteiger partial charge in [-0.2, -0.15) is 0 Å². The zero-order valence-electron chi connectivity index (χ0n) is 10.3. The number of hydrogen-bond acceptors (Lipinski definition) is 3. The highest BCUT2D eigenvalue weighted by molar-refractivity contribution is 5.77. The van der Waals surface area contributed by atoms with E-state index in [1.54, 1.807) is 19.2 Å². The molecule has 0 radical (unpaired) electrons. The molecule has 0 amide bonds. The second-order valence-corrected chi connectivity index (χ2v) is 3.66. The fourth-order valence-corrected chi connectivity index (χ4v) is 1.83. The maximum atomic E-state index is 11.7. The molecule has 92 valence electrons. The van der Waals surface area contributed by atoms with Gasteiger partial charge < -0.3 is 4.74 Å². The first-order chi connectivity index (χ1) is 8.77. The molecule has 0 atom stereocenters. The van der Waals surface area contributed by atoms with Gasteiger partial charge in [0.1, 0.15) is 5.75 Å². The van der Waals surface area contributed by atoms with Gasteiger partial charge in [-0.15, -0.1) is 0 Å². The first-order valence-electron chi connectivity index (χ1n) is 5.51. The van der Waals surface area contributed by atoms with Crippen molar-refractivity contribution < 1.29 is 14.5 Å². The molecule has 0 heterocycles. The number of ether oxygens (including phenoxy) is 1. The van der Waals surface area contributed by atoms with Gasteiger partial charge in [0.15, 0.2) is 7.11 Å². The highest BCUT2D eigenvalue weighted by Crippen LogP contribution is 2.35. The van der Waals surface area contributed by atoms with Crippen LogP contribution in [0.5, 0.6) is 5.75 Å². The van der Waals surface area contributed by atoms with Crippen molar-refractivity contribution in [3.05, 3.63) is 53.4 Å². The Bertz CT molecular complexity index is 566. The van der Waals surface area contributed by atoms with Crippen molar-refractivity contribution in [3.8, 4) is 16.9 Å². The molecular formula is C14H14NO3+. The van der Waals surface area contributed by atoms with E-state index in [9.17, 15) is 4.91 Å². The van der Waals surface area contributed by atoms with E-state index < -0.39 is 0 Å². The Kier molecular flexibility index (Phi) is 3.57. The van der Waals surface area contributed by atoms with Crippen LogP contribution in [0.25, 0.3) is 11.1 Å². The number of para-hydroxylation sites is 2. The number of hydrogen-bond donors (Lipinski definition) is 0. The summed E-state index contributed by atoms with van der Waals surface area (Å²) in [7, 11) is 2.94. The Hall–Kier alpha value is -2.36. The molecule has 4 heteroatoms. The summed E-state index contributed by atoms with van der Waals surface area (Å²) in [5.74, 6) is 0.717. The van der Waals surface area contributed by atoms with Gasteiger partial charge >= 0.3 is 5.69 Å². The summed E-state index contributed by atoms with van der Waals surface area (Å²) in [5.41, 5.74) is 2.07. The van der Waals surface area contributed by atoms with Gasteiger partial charge in [-0.1, -0.05) is 30.3 Å². The van der Waals surface area contributed by atoms with Crippen molar-refractivity contribution in [1.29, 1.82) is 0 Å². The standard InChI is InChI=1S/C14H14NO3/c1-17-14-10-6-4-8-12(14)11-7-3-5-9-13(11)15(16)18-2/h3-10H,1-2H3/q+1. The molecule has 0 fully saturated rings. The quantitative estimate of drug-likeness (QED) is 0.774. The zero-order valence-corrected chi connectivity index (χ0v) is 10.3. The topological polar surface area (TPSA) is 38.5 Å². The molecule has 0 aliphatic heterocycles. The van der Waals surface area contributed by atoms with Crippen LogP contribution in [-0.4, -0.2) is 19.1 Å². The average Bonchev–Trinajstić information content (AvgIpc) is 2.46. The maximum absolute atomic E-state index is 11.7. The molecule has 0 spiro atoms. The van der Waals surface area contributed by atoms with Gasteiger partial charge in [-0.25, -0.2) is 4.84 Å². The highest BCUT2D eigenvalue weighted by atomic mass is 16.8. The van der Waals surface area contributed by atoms with Gasteiger partial charge in [-0.3, -0.25) is 0 Å². The van der Waals surface area contributed by atoms with Gasteiger partial charge in [0.05, 0.1) is 17.6 Å². The number of benzene rings is 2. The fraction of sp³-hybridized carbons (Fsp3) is 0.143. The second kappa shape index (κ2) is 5.31. The first-order valence-corrected chi connectivity index (χ1v) is 5.51. The Morgan fingerprint density at radius 3 is 2.17 bits per heavy atom. The third-order valence-electron chi connectivity index (χ3n) is 2.66.